The van der Waals surface area contributed by atoms with E-state index >= 15 is 0 Å². The molecular formula is C28H19IrN3Se-2. The van der Waals surface area contributed by atoms with Crippen LogP contribution in [0.1, 0.15) is 9.68 Å². The van der Waals surface area contributed by atoms with E-state index in [-0.39, 0.29) is 40.2 Å². The van der Waals surface area contributed by atoms with Gasteiger partial charge in [0.25, 0.3) is 0 Å². The first kappa shape index (κ1) is 19.5. The zero-order valence-corrected chi connectivity index (χ0v) is 21.4. The van der Waals surface area contributed by atoms with Crippen molar-refractivity contribution in [3.05, 3.63) is 115 Å². The van der Waals surface area contributed by atoms with Crippen LogP contribution in [0.2, 0.25) is 0 Å². The number of aromatic nitrogens is 3. The molecule has 163 valence electrons. The molecule has 0 atom stereocenters. The molecule has 6 aromatic rings. The summed E-state index contributed by atoms with van der Waals surface area (Å²) in [4.78, 5) is 12.7. The summed E-state index contributed by atoms with van der Waals surface area (Å²) in [5, 5.41) is 2.35. The van der Waals surface area contributed by atoms with Crippen LogP contribution in [-0.2, 0) is 20.1 Å². The van der Waals surface area contributed by atoms with Crippen LogP contribution < -0.4 is 0 Å². The molecule has 0 N–H and O–H groups in total. The van der Waals surface area contributed by atoms with Crippen molar-refractivity contribution < 1.29 is 24.2 Å². The minimum absolute atomic E-state index is 0. The number of fused-ring (bicyclic) bond motifs is 3. The molecule has 3 nitrogen and oxygen atoms in total. The van der Waals surface area contributed by atoms with Gasteiger partial charge in [-0.2, -0.15) is 0 Å². The molecule has 0 aliphatic heterocycles. The van der Waals surface area contributed by atoms with Crippen molar-refractivity contribution in [2.45, 2.75) is 6.85 Å². The van der Waals surface area contributed by atoms with Gasteiger partial charge in [0.1, 0.15) is 0 Å². The molecule has 0 unspecified atom stereocenters. The Morgan fingerprint density at radius 2 is 1.70 bits per heavy atom. The summed E-state index contributed by atoms with van der Waals surface area (Å²) in [6, 6.07) is 28.6. The Balaban J connectivity index is 0.000000198. The van der Waals surface area contributed by atoms with E-state index in [4.69, 9.17) is 4.11 Å². The number of nitrogens with zero attached hydrogens (tertiary/aromatic N) is 3. The summed E-state index contributed by atoms with van der Waals surface area (Å²) in [6.45, 7) is -2.21. The predicted octanol–water partition coefficient (Wildman–Crippen LogP) is 6.16. The van der Waals surface area contributed by atoms with E-state index in [0.29, 0.717) is 11.3 Å². The smallest absolute Gasteiger partial charge is 0.0160 e. The molecule has 0 fully saturated rings. The van der Waals surface area contributed by atoms with Gasteiger partial charge >= 0.3 is 127 Å². The maximum absolute atomic E-state index is 7.69. The molecule has 2 aromatic carbocycles. The van der Waals surface area contributed by atoms with Gasteiger partial charge < -0.3 is 4.98 Å². The molecule has 33 heavy (non-hydrogen) atoms. The minimum Gasteiger partial charge on any atom is -0.305 e. The third kappa shape index (κ3) is 5.18. The number of hydrogen-bond acceptors (Lipinski definition) is 3. The van der Waals surface area contributed by atoms with Crippen molar-refractivity contribution in [1.82, 2.24) is 15.0 Å². The van der Waals surface area contributed by atoms with Gasteiger partial charge in [0.05, 0.1) is 0 Å². The molecule has 1 radical (unpaired) electrons. The average molecular weight is 672 g/mol. The Morgan fingerprint density at radius 3 is 2.52 bits per heavy atom. The molecule has 0 spiro atoms. The second-order valence-corrected chi connectivity index (χ2v) is 9.27. The molecule has 0 amide bonds. The summed E-state index contributed by atoms with van der Waals surface area (Å²) in [6.07, 6.45) is 7.91. The number of rotatable bonds is 2. The van der Waals surface area contributed by atoms with Crippen LogP contribution in [0.15, 0.2) is 97.5 Å². The van der Waals surface area contributed by atoms with Crippen molar-refractivity contribution in [2.75, 3.05) is 0 Å². The van der Waals surface area contributed by atoms with Gasteiger partial charge in [-0.05, 0) is 11.8 Å². The Labute approximate surface area is 216 Å². The maximum atomic E-state index is 7.69. The maximum Gasteiger partial charge on any atom is 0.0160 e. The third-order valence-corrected chi connectivity index (χ3v) is 7.28. The largest absolute Gasteiger partial charge is 0.305 e. The topological polar surface area (TPSA) is 38.7 Å². The number of pyridine rings is 3. The van der Waals surface area contributed by atoms with E-state index in [0.717, 1.165) is 16.6 Å². The molecule has 0 saturated heterocycles. The number of hydrogen-bond donors (Lipinski definition) is 0. The first-order valence-corrected chi connectivity index (χ1v) is 11.7. The van der Waals surface area contributed by atoms with Crippen molar-refractivity contribution in [3.8, 4) is 22.5 Å². The van der Waals surface area contributed by atoms with Crippen LogP contribution in [-0.4, -0.2) is 29.5 Å². The van der Waals surface area contributed by atoms with Gasteiger partial charge in [0, 0.05) is 26.3 Å². The fourth-order valence-corrected chi connectivity index (χ4v) is 5.61. The van der Waals surface area contributed by atoms with Crippen LogP contribution >= 0.6 is 0 Å². The Kier molecular flexibility index (Phi) is 6.38. The van der Waals surface area contributed by atoms with Gasteiger partial charge in [0.15, 0.2) is 0 Å². The van der Waals surface area contributed by atoms with Gasteiger partial charge in [0.2, 0.25) is 0 Å². The van der Waals surface area contributed by atoms with E-state index in [1.165, 1.54) is 26.2 Å². The van der Waals surface area contributed by atoms with Crippen molar-refractivity contribution in [2.24, 2.45) is 0 Å². The summed E-state index contributed by atoms with van der Waals surface area (Å²) in [5.74, 6) is 0. The molecular weight excluding hydrogens is 650 g/mol. The molecule has 0 saturated carbocycles. The second-order valence-electron chi connectivity index (χ2n) is 7.00. The number of benzene rings is 2. The zero-order valence-electron chi connectivity index (χ0n) is 20.3. The van der Waals surface area contributed by atoms with Gasteiger partial charge in [-0.1, -0.05) is 12.1 Å². The summed E-state index contributed by atoms with van der Waals surface area (Å²) < 4.78 is 25.6. The minimum atomic E-state index is -2.21. The first-order chi connectivity index (χ1) is 17.0. The van der Waals surface area contributed by atoms with Crippen LogP contribution in [0.3, 0.4) is 0 Å². The van der Waals surface area contributed by atoms with Crippen molar-refractivity contribution in [3.63, 3.8) is 0 Å². The second kappa shape index (κ2) is 10.8. The Hall–Kier alpha value is -2.94. The molecule has 0 bridgehead atoms. The van der Waals surface area contributed by atoms with Gasteiger partial charge in [-0.3, -0.25) is 0 Å². The van der Waals surface area contributed by atoms with E-state index in [2.05, 4.69) is 39.3 Å². The first-order valence-electron chi connectivity index (χ1n) is 11.5. The molecule has 6 rings (SSSR count). The van der Waals surface area contributed by atoms with Crippen molar-refractivity contribution in [1.29, 1.82) is 0 Å². The van der Waals surface area contributed by atoms with E-state index in [9.17, 15) is 0 Å². The van der Waals surface area contributed by atoms with Gasteiger partial charge in [-0.15, -0.1) is 35.9 Å². The average Bonchev–Trinajstić information content (AvgIpc) is 3.28. The van der Waals surface area contributed by atoms with Crippen LogP contribution in [0, 0.1) is 19.1 Å². The fourth-order valence-electron chi connectivity index (χ4n) is 3.40. The molecule has 0 aliphatic carbocycles. The third-order valence-electron chi connectivity index (χ3n) is 4.93. The van der Waals surface area contributed by atoms with Crippen LogP contribution in [0.4, 0.5) is 0 Å². The molecule has 0 aliphatic rings. The van der Waals surface area contributed by atoms with Crippen molar-refractivity contribution >= 4 is 33.8 Å². The Bertz CT molecular complexity index is 1550. The van der Waals surface area contributed by atoms with Crippen LogP contribution in [0.25, 0.3) is 41.8 Å². The molecule has 5 heteroatoms. The standard InChI is InChI=1S/C17H11N2Se.C11H8N.Ir/c1-11-6-7-18-9-14(11)15-8-13-12-4-2-3-5-16(12)20-17(13)10-19-15;1-2-6-10(7-3-1)11-8-4-5-9-12-11;/h2-8,10H,1H3;1-6,8-9H;/q2*-1;/i1D3;;. The van der Waals surface area contributed by atoms with Gasteiger partial charge in [-0.25, -0.2) is 0 Å². The summed E-state index contributed by atoms with van der Waals surface area (Å²) in [7, 11) is 0. The SMILES string of the molecule is [2H]C([2H])([2H])c1ccn[c-]c1-c1cc2c(cn1)[se]c1ccccc12.[Ir].[c-]1ccccc1-c1ccccn1. The fraction of sp³-hybridized carbons (Fsp3) is 0.0357. The quantitative estimate of drug-likeness (QED) is 0.164. The Morgan fingerprint density at radius 1 is 0.818 bits per heavy atom. The normalized spacial score (nSPS) is 12.1. The molecule has 4 aromatic heterocycles. The summed E-state index contributed by atoms with van der Waals surface area (Å²) in [5.41, 5.74) is 3.30. The molecule has 4 heterocycles. The van der Waals surface area contributed by atoms with E-state index in [1.54, 1.807) is 6.20 Å². The predicted molar refractivity (Wildman–Crippen MR) is 132 cm³/mol. The van der Waals surface area contributed by atoms with Crippen LogP contribution in [0.5, 0.6) is 0 Å². The summed E-state index contributed by atoms with van der Waals surface area (Å²) >= 11 is 0.253. The van der Waals surface area contributed by atoms with E-state index < -0.39 is 6.85 Å². The monoisotopic (exact) mass is 673 g/mol. The zero-order chi connectivity index (χ0) is 24.3. The van der Waals surface area contributed by atoms with E-state index in [1.807, 2.05) is 66.9 Å². The number of aryl methyl sites for hydroxylation is 1.